The summed E-state index contributed by atoms with van der Waals surface area (Å²) in [6, 6.07) is 6.79. The molecule has 0 bridgehead atoms. The van der Waals surface area contributed by atoms with Crippen molar-refractivity contribution in [3.05, 3.63) is 35.8 Å². The predicted molar refractivity (Wildman–Crippen MR) is 67.0 cm³/mol. The lowest BCUT2D eigenvalue weighted by atomic mass is 9.97. The highest BCUT2D eigenvalue weighted by molar-refractivity contribution is 5.81. The van der Waals surface area contributed by atoms with Gasteiger partial charge in [-0.05, 0) is 25.0 Å². The maximum absolute atomic E-state index is 13.6. The van der Waals surface area contributed by atoms with Crippen molar-refractivity contribution >= 4 is 16.8 Å². The van der Waals surface area contributed by atoms with Gasteiger partial charge in [0, 0.05) is 24.1 Å². The third-order valence-corrected chi connectivity index (χ3v) is 3.65. The van der Waals surface area contributed by atoms with Gasteiger partial charge in [-0.15, -0.1) is 0 Å². The van der Waals surface area contributed by atoms with Gasteiger partial charge in [0.15, 0.2) is 11.4 Å². The number of fused-ring (bicyclic) bond motifs is 1. The molecule has 1 heterocycles. The van der Waals surface area contributed by atoms with Crippen LogP contribution in [0.3, 0.4) is 0 Å². The first-order valence-corrected chi connectivity index (χ1v) is 6.44. The highest BCUT2D eigenvalue weighted by Crippen LogP contribution is 2.34. The Balaban J connectivity index is 1.98. The molecule has 1 aromatic heterocycles. The van der Waals surface area contributed by atoms with Crippen LogP contribution >= 0.6 is 0 Å². The summed E-state index contributed by atoms with van der Waals surface area (Å²) in [6.07, 6.45) is 4.15. The van der Waals surface area contributed by atoms with E-state index in [0.29, 0.717) is 24.2 Å². The lowest BCUT2D eigenvalue weighted by molar-refractivity contribution is -0.119. The minimum Gasteiger partial charge on any atom is -0.458 e. The number of hydrogen-bond acceptors (Lipinski definition) is 2. The standard InChI is InChI=1S/C15H15FO2/c16-13-7-3-5-11-9-14(18-15(11)13)10-4-1-2-6-12(17)8-10/h3,5,7,9-10H,1-2,4,6,8H2. The van der Waals surface area contributed by atoms with Crippen molar-refractivity contribution in [2.45, 2.75) is 38.0 Å². The molecular weight excluding hydrogens is 231 g/mol. The zero-order chi connectivity index (χ0) is 12.5. The van der Waals surface area contributed by atoms with Crippen LogP contribution in [0.5, 0.6) is 0 Å². The maximum atomic E-state index is 13.6. The first kappa shape index (κ1) is 11.5. The molecule has 0 aliphatic heterocycles. The maximum Gasteiger partial charge on any atom is 0.169 e. The summed E-state index contributed by atoms with van der Waals surface area (Å²) in [5.74, 6) is 0.828. The minimum absolute atomic E-state index is 0.117. The third-order valence-electron chi connectivity index (χ3n) is 3.65. The minimum atomic E-state index is -0.335. The number of ketones is 1. The van der Waals surface area contributed by atoms with Gasteiger partial charge in [-0.1, -0.05) is 18.6 Å². The summed E-state index contributed by atoms with van der Waals surface area (Å²) in [4.78, 5) is 11.6. The molecule has 2 nitrogen and oxygen atoms in total. The van der Waals surface area contributed by atoms with E-state index in [-0.39, 0.29) is 11.7 Å². The van der Waals surface area contributed by atoms with E-state index in [9.17, 15) is 9.18 Å². The number of halogens is 1. The van der Waals surface area contributed by atoms with Crippen LogP contribution in [0, 0.1) is 5.82 Å². The van der Waals surface area contributed by atoms with Gasteiger partial charge < -0.3 is 4.42 Å². The zero-order valence-corrected chi connectivity index (χ0v) is 10.1. The molecule has 3 heteroatoms. The zero-order valence-electron chi connectivity index (χ0n) is 10.1. The second-order valence-corrected chi connectivity index (χ2v) is 4.99. The summed E-state index contributed by atoms with van der Waals surface area (Å²) in [6.45, 7) is 0. The number of carbonyl (C=O) groups is 1. The fraction of sp³-hybridized carbons (Fsp3) is 0.400. The van der Waals surface area contributed by atoms with Crippen LogP contribution in [-0.4, -0.2) is 5.78 Å². The fourth-order valence-corrected chi connectivity index (χ4v) is 2.68. The smallest absolute Gasteiger partial charge is 0.169 e. The molecule has 3 rings (SSSR count). The van der Waals surface area contributed by atoms with Gasteiger partial charge in [-0.3, -0.25) is 4.79 Å². The lowest BCUT2D eigenvalue weighted by Crippen LogP contribution is -2.02. The van der Waals surface area contributed by atoms with Crippen LogP contribution < -0.4 is 0 Å². The molecule has 0 amide bonds. The fourth-order valence-electron chi connectivity index (χ4n) is 2.68. The molecule has 1 saturated carbocycles. The van der Waals surface area contributed by atoms with Crippen LogP contribution in [0.2, 0.25) is 0 Å². The van der Waals surface area contributed by atoms with Gasteiger partial charge in [-0.25, -0.2) is 4.39 Å². The number of para-hydroxylation sites is 1. The molecule has 1 aliphatic carbocycles. The number of carbonyl (C=O) groups excluding carboxylic acids is 1. The number of benzene rings is 1. The van der Waals surface area contributed by atoms with E-state index in [1.807, 2.05) is 12.1 Å². The second-order valence-electron chi connectivity index (χ2n) is 4.99. The topological polar surface area (TPSA) is 30.2 Å². The summed E-state index contributed by atoms with van der Waals surface area (Å²) in [5, 5.41) is 0.779. The molecule has 0 saturated heterocycles. The first-order chi connectivity index (χ1) is 8.74. The van der Waals surface area contributed by atoms with Crippen molar-refractivity contribution < 1.29 is 13.6 Å². The average molecular weight is 246 g/mol. The Morgan fingerprint density at radius 3 is 3.00 bits per heavy atom. The van der Waals surface area contributed by atoms with Gasteiger partial charge in [0.25, 0.3) is 0 Å². The van der Waals surface area contributed by atoms with Crippen molar-refractivity contribution in [1.29, 1.82) is 0 Å². The van der Waals surface area contributed by atoms with Crippen molar-refractivity contribution in [3.8, 4) is 0 Å². The Morgan fingerprint density at radius 2 is 2.17 bits per heavy atom. The van der Waals surface area contributed by atoms with Gasteiger partial charge in [0.2, 0.25) is 0 Å². The summed E-state index contributed by atoms with van der Waals surface area (Å²) >= 11 is 0. The molecule has 1 aromatic carbocycles. The second kappa shape index (κ2) is 4.56. The highest BCUT2D eigenvalue weighted by atomic mass is 19.1. The summed E-state index contributed by atoms with van der Waals surface area (Å²) < 4.78 is 19.2. The van der Waals surface area contributed by atoms with E-state index in [2.05, 4.69) is 0 Å². The van der Waals surface area contributed by atoms with E-state index >= 15 is 0 Å². The Morgan fingerprint density at radius 1 is 1.28 bits per heavy atom. The first-order valence-electron chi connectivity index (χ1n) is 6.44. The number of furan rings is 1. The third kappa shape index (κ3) is 2.05. The van der Waals surface area contributed by atoms with E-state index < -0.39 is 0 Å². The van der Waals surface area contributed by atoms with Crippen LogP contribution in [0.4, 0.5) is 4.39 Å². The SMILES string of the molecule is O=C1CCCCC(c2cc3cccc(F)c3o2)C1. The van der Waals surface area contributed by atoms with Crippen LogP contribution in [0.15, 0.2) is 28.7 Å². The quantitative estimate of drug-likeness (QED) is 0.706. The highest BCUT2D eigenvalue weighted by Gasteiger charge is 2.23. The molecule has 1 unspecified atom stereocenters. The van der Waals surface area contributed by atoms with E-state index in [0.717, 1.165) is 30.4 Å². The summed E-state index contributed by atoms with van der Waals surface area (Å²) in [5.41, 5.74) is 0.309. The van der Waals surface area contributed by atoms with Crippen LogP contribution in [0.25, 0.3) is 11.0 Å². The Kier molecular flexibility index (Phi) is 2.90. The van der Waals surface area contributed by atoms with Crippen molar-refractivity contribution in [1.82, 2.24) is 0 Å². The molecule has 18 heavy (non-hydrogen) atoms. The average Bonchev–Trinajstić information content (AvgIpc) is 2.67. The predicted octanol–water partition coefficient (Wildman–Crippen LogP) is 4.19. The van der Waals surface area contributed by atoms with E-state index in [1.54, 1.807) is 6.07 Å². The number of rotatable bonds is 1. The molecule has 0 radical (unpaired) electrons. The largest absolute Gasteiger partial charge is 0.458 e. The molecule has 1 fully saturated rings. The van der Waals surface area contributed by atoms with E-state index in [1.165, 1.54) is 6.07 Å². The Labute approximate surface area is 105 Å². The molecule has 0 spiro atoms. The van der Waals surface area contributed by atoms with Gasteiger partial charge in [0.1, 0.15) is 11.5 Å². The summed E-state index contributed by atoms with van der Waals surface area (Å²) in [7, 11) is 0. The Hall–Kier alpha value is -1.64. The molecule has 1 atom stereocenters. The van der Waals surface area contributed by atoms with Crippen LogP contribution in [0.1, 0.15) is 43.8 Å². The number of hydrogen-bond donors (Lipinski definition) is 0. The van der Waals surface area contributed by atoms with Gasteiger partial charge >= 0.3 is 0 Å². The van der Waals surface area contributed by atoms with Gasteiger partial charge in [0.05, 0.1) is 0 Å². The van der Waals surface area contributed by atoms with Crippen LogP contribution in [-0.2, 0) is 4.79 Å². The molecule has 0 N–H and O–H groups in total. The monoisotopic (exact) mass is 246 g/mol. The lowest BCUT2D eigenvalue weighted by Gasteiger charge is -2.08. The van der Waals surface area contributed by atoms with E-state index in [4.69, 9.17) is 4.42 Å². The molecule has 1 aliphatic rings. The molecular formula is C15H15FO2. The van der Waals surface area contributed by atoms with Crippen molar-refractivity contribution in [2.24, 2.45) is 0 Å². The molecule has 94 valence electrons. The van der Waals surface area contributed by atoms with Crippen molar-refractivity contribution in [3.63, 3.8) is 0 Å². The Bertz CT molecular complexity index is 585. The van der Waals surface area contributed by atoms with Crippen molar-refractivity contribution in [2.75, 3.05) is 0 Å². The van der Waals surface area contributed by atoms with Gasteiger partial charge in [-0.2, -0.15) is 0 Å². The molecule has 2 aromatic rings. The normalized spacial score (nSPS) is 21.2. The number of Topliss-reactive ketones (excluding diaryl/α,β-unsaturated/α-hetero) is 1.